The molecular weight excluding hydrogens is 1610 g/mol. The number of aromatic nitrogens is 9. The largest absolute Gasteiger partial charge is 0.238 e. The van der Waals surface area contributed by atoms with Crippen molar-refractivity contribution < 1.29 is 0 Å². The van der Waals surface area contributed by atoms with Gasteiger partial charge in [-0.1, -0.05) is 437 Å². The lowest BCUT2D eigenvalue weighted by Gasteiger charge is -2.12. The Morgan fingerprint density at radius 2 is 0.311 bits per heavy atom. The minimum absolute atomic E-state index is 0.630. The lowest BCUT2D eigenvalue weighted by Crippen LogP contribution is -2.00. The molecule has 0 unspecified atom stereocenters. The third-order valence-corrected chi connectivity index (χ3v) is 23.3. The van der Waals surface area contributed by atoms with Gasteiger partial charge in [0, 0.05) is 50.1 Å². The van der Waals surface area contributed by atoms with E-state index in [4.69, 9.17) is 64.6 Å². The van der Waals surface area contributed by atoms with Crippen LogP contribution in [-0.4, -0.2) is 44.9 Å². The molecule has 0 saturated carbocycles. The van der Waals surface area contributed by atoms with Gasteiger partial charge < -0.3 is 0 Å². The highest BCUT2D eigenvalue weighted by molar-refractivity contribution is 6.02. The van der Waals surface area contributed by atoms with E-state index in [-0.39, 0.29) is 0 Å². The predicted octanol–water partition coefficient (Wildman–Crippen LogP) is 31.4. The summed E-state index contributed by atoms with van der Waals surface area (Å²) in [5.74, 6) is 5.78. The molecule has 12 heteroatoms. The molecule has 0 radical (unpaired) electrons. The van der Waals surface area contributed by atoms with Gasteiger partial charge in [-0.25, -0.2) is 59.4 Å². The Labute approximate surface area is 764 Å². The molecule has 3 heterocycles. The summed E-state index contributed by atoms with van der Waals surface area (Å²) in [6, 6.07) is 156. The Bertz CT molecular complexity index is 7900. The second kappa shape index (κ2) is 37.7. The molecule has 19 aromatic carbocycles. The summed E-state index contributed by atoms with van der Waals surface area (Å²) in [6.07, 6.45) is 0. The highest BCUT2D eigenvalue weighted by Crippen LogP contribution is 2.41. The van der Waals surface area contributed by atoms with Gasteiger partial charge in [-0.3, -0.25) is 0 Å². The van der Waals surface area contributed by atoms with E-state index in [2.05, 4.69) is 221 Å². The Hall–Kier alpha value is -18.5. The Kier molecular flexibility index (Phi) is 23.4. The van der Waals surface area contributed by atoms with Crippen molar-refractivity contribution >= 4 is 49.4 Å². The molecule has 616 valence electrons. The van der Waals surface area contributed by atoms with E-state index in [9.17, 15) is 0 Å². The zero-order chi connectivity index (χ0) is 88.9. The molecule has 0 bridgehead atoms. The summed E-state index contributed by atoms with van der Waals surface area (Å²) in [5.41, 5.74) is 26.1. The van der Waals surface area contributed by atoms with E-state index in [1.807, 2.05) is 255 Å². The first-order valence-electron chi connectivity index (χ1n) is 43.3. The molecule has 0 amide bonds. The second-order valence-electron chi connectivity index (χ2n) is 31.6. The number of hydrogen-bond acceptors (Lipinski definition) is 9. The van der Waals surface area contributed by atoms with Crippen LogP contribution in [0.4, 0.5) is 17.1 Å². The van der Waals surface area contributed by atoms with Crippen LogP contribution in [-0.2, 0) is 0 Å². The van der Waals surface area contributed by atoms with Crippen molar-refractivity contribution in [2.75, 3.05) is 0 Å². The fourth-order valence-corrected chi connectivity index (χ4v) is 16.4. The van der Waals surface area contributed by atoms with Crippen molar-refractivity contribution in [3.05, 3.63) is 495 Å². The van der Waals surface area contributed by atoms with Crippen molar-refractivity contribution in [3.63, 3.8) is 0 Å². The summed E-state index contributed by atoms with van der Waals surface area (Å²) >= 11 is 0. The first kappa shape index (κ1) is 81.8. The molecule has 22 aromatic rings. The van der Waals surface area contributed by atoms with Gasteiger partial charge in [-0.15, -0.1) is 0 Å². The van der Waals surface area contributed by atoms with Gasteiger partial charge in [-0.05, 0) is 134 Å². The molecular formula is C120H76N12. The van der Waals surface area contributed by atoms with Crippen LogP contribution in [0.5, 0.6) is 0 Å². The maximum Gasteiger partial charge on any atom is 0.187 e. The molecule has 0 fully saturated rings. The quantitative estimate of drug-likeness (QED) is 0.0868. The van der Waals surface area contributed by atoms with Crippen molar-refractivity contribution in [1.29, 1.82) is 0 Å². The highest BCUT2D eigenvalue weighted by atomic mass is 15.1. The monoisotopic (exact) mass is 1680 g/mol. The summed E-state index contributed by atoms with van der Waals surface area (Å²) in [4.78, 5) is 54.4. The van der Waals surface area contributed by atoms with Gasteiger partial charge in [0.1, 0.15) is 0 Å². The summed E-state index contributed by atoms with van der Waals surface area (Å²) in [6.45, 7) is 21.7. The molecule has 22 rings (SSSR count). The SMILES string of the molecule is [C-]#[N+]c1ccc(-c2ccc(-c3ccc4cccc(-c5ccc(-c6nc(-c7ccccc7)nc(-c7ccccc7)n6)cc5)c4c3)cc2)cc1.[C-]#[N+]c1ccc(-c2ccc3cccc(-c4ccc(-c5nc(-c6ccccc6)nc(-c6ccccc6)n5)cc4)c3c2)cc1.[C-]#[N+]c1ccc(-c2ccc3cccc(-c4cccc(-c5nc(-c6ccccc6)nc(-c6ccccc6)n5)c4)c3c2)cc1. The van der Waals surface area contributed by atoms with Gasteiger partial charge in [0.15, 0.2) is 69.5 Å². The van der Waals surface area contributed by atoms with Crippen LogP contribution in [0.2, 0.25) is 0 Å². The highest BCUT2D eigenvalue weighted by Gasteiger charge is 2.20. The predicted molar refractivity (Wildman–Crippen MR) is 538 cm³/mol. The molecule has 0 atom stereocenters. The lowest BCUT2D eigenvalue weighted by molar-refractivity contribution is 1.07. The number of rotatable bonds is 16. The zero-order valence-corrected chi connectivity index (χ0v) is 71.2. The van der Waals surface area contributed by atoms with E-state index in [0.29, 0.717) is 69.5 Å². The topological polar surface area (TPSA) is 129 Å². The van der Waals surface area contributed by atoms with Crippen LogP contribution < -0.4 is 0 Å². The average molecular weight is 1690 g/mol. The summed E-state index contributed by atoms with van der Waals surface area (Å²) in [7, 11) is 0. The summed E-state index contributed by atoms with van der Waals surface area (Å²) in [5, 5.41) is 7.06. The minimum atomic E-state index is 0.630. The van der Waals surface area contributed by atoms with Crippen molar-refractivity contribution in [3.8, 4) is 180 Å². The van der Waals surface area contributed by atoms with Gasteiger partial charge in [-0.2, -0.15) is 0 Å². The molecule has 0 aliphatic heterocycles. The minimum Gasteiger partial charge on any atom is -0.238 e. The molecule has 12 nitrogen and oxygen atoms in total. The van der Waals surface area contributed by atoms with E-state index < -0.39 is 0 Å². The number of nitrogens with zero attached hydrogens (tertiary/aromatic N) is 12. The third-order valence-electron chi connectivity index (χ3n) is 23.3. The van der Waals surface area contributed by atoms with Gasteiger partial charge in [0.2, 0.25) is 0 Å². The maximum absolute atomic E-state index is 7.25. The average Bonchev–Trinajstić information content (AvgIpc) is 0.785. The van der Waals surface area contributed by atoms with Crippen molar-refractivity contribution in [2.24, 2.45) is 0 Å². The van der Waals surface area contributed by atoms with Crippen molar-refractivity contribution in [2.45, 2.75) is 0 Å². The van der Waals surface area contributed by atoms with Gasteiger partial charge >= 0.3 is 0 Å². The fourth-order valence-electron chi connectivity index (χ4n) is 16.4. The molecule has 0 aliphatic carbocycles. The molecule has 0 spiro atoms. The number of hydrogen-bond donors (Lipinski definition) is 0. The van der Waals surface area contributed by atoms with E-state index >= 15 is 0 Å². The zero-order valence-electron chi connectivity index (χ0n) is 71.2. The fraction of sp³-hybridized carbons (Fsp3) is 0. The second-order valence-corrected chi connectivity index (χ2v) is 31.6. The Balaban J connectivity index is 0.000000124. The van der Waals surface area contributed by atoms with Crippen LogP contribution >= 0.6 is 0 Å². The normalized spacial score (nSPS) is 10.9. The maximum atomic E-state index is 7.25. The van der Waals surface area contributed by atoms with E-state index in [1.165, 1.54) is 27.1 Å². The van der Waals surface area contributed by atoms with Gasteiger partial charge in [0.25, 0.3) is 0 Å². The summed E-state index contributed by atoms with van der Waals surface area (Å²) < 4.78 is 0. The van der Waals surface area contributed by atoms with E-state index in [0.717, 1.165) is 133 Å². The Morgan fingerprint density at radius 3 is 0.568 bits per heavy atom. The molecule has 3 aromatic heterocycles. The lowest BCUT2D eigenvalue weighted by atomic mass is 9.93. The van der Waals surface area contributed by atoms with Crippen molar-refractivity contribution in [1.82, 2.24) is 44.9 Å². The Morgan fingerprint density at radius 1 is 0.129 bits per heavy atom. The number of benzene rings is 19. The standard InChI is InChI=1S/C44H28N4.2C38H24N4/c1-45-39-27-25-31(26-28-39)30-15-17-32(18-16-30)38-24-21-33-13-8-14-40(41(33)29-38)34-19-22-37(23-20-34)44-47-42(35-9-4-2-5-10-35)46-43(48-44)36-11-6-3-7-12-36;1-39-33-22-20-26(21-23-33)30-19-18-27-14-9-17-34(35(27)25-30)31-15-8-16-32(24-31)38-41-36(28-10-4-2-5-11-28)40-37(42-38)29-12-6-3-7-13-29;1-39-33-23-21-26(22-24-33)32-20-17-27-13-8-14-34(35(27)25-32)28-15-18-31(19-16-28)38-41-36(29-9-4-2-5-10-29)40-37(42-38)30-11-6-3-7-12-30/h2-29H;2*2-25H. The number of fused-ring (bicyclic) bond motifs is 3. The first-order valence-corrected chi connectivity index (χ1v) is 43.3. The molecule has 0 aliphatic rings. The molecule has 0 N–H and O–H groups in total. The van der Waals surface area contributed by atoms with Crippen LogP contribution in [0.3, 0.4) is 0 Å². The van der Waals surface area contributed by atoms with Crippen LogP contribution in [0, 0.1) is 19.7 Å². The van der Waals surface area contributed by atoms with E-state index in [1.54, 1.807) is 0 Å². The molecule has 132 heavy (non-hydrogen) atoms. The van der Waals surface area contributed by atoms with Gasteiger partial charge in [0.05, 0.1) is 19.7 Å². The molecule has 0 saturated heterocycles. The third kappa shape index (κ3) is 18.1. The first-order chi connectivity index (χ1) is 65.2. The van der Waals surface area contributed by atoms with Crippen LogP contribution in [0.25, 0.3) is 227 Å². The smallest absolute Gasteiger partial charge is 0.187 e. The van der Waals surface area contributed by atoms with Crippen LogP contribution in [0.1, 0.15) is 0 Å². The van der Waals surface area contributed by atoms with Crippen LogP contribution in [0.15, 0.2) is 461 Å².